The Morgan fingerprint density at radius 1 is 1.06 bits per heavy atom. The number of aromatic nitrogens is 1. The zero-order valence-electron chi connectivity index (χ0n) is 25.6. The zero-order chi connectivity index (χ0) is 33.9. The van der Waals surface area contributed by atoms with Gasteiger partial charge in [-0.25, -0.2) is 9.79 Å². The third-order valence-corrected chi connectivity index (χ3v) is 9.63. The molecule has 1 aromatic heterocycles. The fraction of sp³-hybridized carbons (Fsp3) is 0.111. The van der Waals surface area contributed by atoms with Crippen molar-refractivity contribution in [3.63, 3.8) is 0 Å². The van der Waals surface area contributed by atoms with Crippen LogP contribution >= 0.6 is 45.5 Å². The van der Waals surface area contributed by atoms with Crippen LogP contribution in [0.25, 0.3) is 6.08 Å². The lowest BCUT2D eigenvalue weighted by molar-refractivity contribution is -0.113. The van der Waals surface area contributed by atoms with Gasteiger partial charge in [0.05, 0.1) is 38.1 Å². The van der Waals surface area contributed by atoms with Gasteiger partial charge in [0.25, 0.3) is 11.5 Å². The summed E-state index contributed by atoms with van der Waals surface area (Å²) in [6.45, 7) is 1.90. The normalized spacial score (nSPS) is 14.2. The van der Waals surface area contributed by atoms with E-state index in [2.05, 4.69) is 27.9 Å². The van der Waals surface area contributed by atoms with Crippen LogP contribution in [0, 0.1) is 3.57 Å². The Kier molecular flexibility index (Phi) is 9.81. The van der Waals surface area contributed by atoms with Gasteiger partial charge in [-0.1, -0.05) is 65.4 Å². The maximum atomic E-state index is 14.1. The van der Waals surface area contributed by atoms with Gasteiger partial charge in [-0.05, 0) is 101 Å². The van der Waals surface area contributed by atoms with Crippen LogP contribution in [0.5, 0.6) is 11.5 Å². The lowest BCUT2D eigenvalue weighted by Gasteiger charge is -2.25. The number of allylic oxidation sites excluding steroid dienone is 1. The maximum Gasteiger partial charge on any atom is 0.335 e. The van der Waals surface area contributed by atoms with Gasteiger partial charge in [0, 0.05) is 10.7 Å². The summed E-state index contributed by atoms with van der Waals surface area (Å²) in [5.74, 6) is -0.434. The van der Waals surface area contributed by atoms with Crippen molar-refractivity contribution in [2.75, 3.05) is 12.4 Å². The van der Waals surface area contributed by atoms with Gasteiger partial charge in [-0.15, -0.1) is 0 Å². The van der Waals surface area contributed by atoms with Crippen molar-refractivity contribution in [3.8, 4) is 11.5 Å². The molecule has 48 heavy (non-hydrogen) atoms. The topological polar surface area (TPSA) is 119 Å². The minimum absolute atomic E-state index is 0.135. The van der Waals surface area contributed by atoms with Gasteiger partial charge < -0.3 is 19.9 Å². The van der Waals surface area contributed by atoms with Crippen LogP contribution in [0.2, 0.25) is 5.02 Å². The fourth-order valence-corrected chi connectivity index (χ4v) is 7.31. The van der Waals surface area contributed by atoms with Crippen molar-refractivity contribution in [3.05, 3.63) is 153 Å². The molecule has 0 aliphatic carbocycles. The Balaban J connectivity index is 1.38. The average molecular weight is 792 g/mol. The smallest absolute Gasteiger partial charge is 0.335 e. The van der Waals surface area contributed by atoms with Crippen molar-refractivity contribution in [1.82, 2.24) is 4.57 Å². The molecule has 12 heteroatoms. The van der Waals surface area contributed by atoms with Crippen molar-refractivity contribution in [2.24, 2.45) is 4.99 Å². The lowest BCUT2D eigenvalue weighted by Crippen LogP contribution is -2.40. The highest BCUT2D eigenvalue weighted by Gasteiger charge is 2.32. The number of nitrogens with zero attached hydrogens (tertiary/aromatic N) is 2. The third kappa shape index (κ3) is 6.93. The standard InChI is InChI=1S/C36H27ClIN3O6S/c1-20-30(33(42)40-26-9-4-3-5-10-26)31(23-11-13-25(37)14-12-23)41-34(43)29(48-36(41)39-20)18-22-16-27(38)32(28(17-22)46-2)47-19-21-7-6-8-24(15-21)35(44)45/h3-18,31H,19H2,1-2H3,(H,40,42)(H,44,45)/b29-18-/t31-/m1/s1. The number of hydrogen-bond acceptors (Lipinski definition) is 7. The van der Waals surface area contributed by atoms with Crippen LogP contribution in [-0.4, -0.2) is 28.7 Å². The Bertz CT molecular complexity index is 2270. The number of carbonyl (C=O) groups excluding carboxylic acids is 1. The summed E-state index contributed by atoms with van der Waals surface area (Å²) < 4.78 is 14.4. The van der Waals surface area contributed by atoms with Gasteiger partial charge in [0.2, 0.25) is 0 Å². The summed E-state index contributed by atoms with van der Waals surface area (Å²) in [7, 11) is 1.53. The third-order valence-electron chi connectivity index (χ3n) is 7.59. The Labute approximate surface area is 297 Å². The summed E-state index contributed by atoms with van der Waals surface area (Å²) in [6.07, 6.45) is 1.76. The number of benzene rings is 4. The maximum absolute atomic E-state index is 14.1. The average Bonchev–Trinajstić information content (AvgIpc) is 3.37. The fourth-order valence-electron chi connectivity index (χ4n) is 5.36. The van der Waals surface area contributed by atoms with Gasteiger partial charge in [-0.3, -0.25) is 14.2 Å². The van der Waals surface area contributed by atoms with Crippen LogP contribution in [0.3, 0.4) is 0 Å². The molecule has 9 nitrogen and oxygen atoms in total. The number of hydrogen-bond donors (Lipinski definition) is 2. The minimum atomic E-state index is -1.01. The number of carboxylic acid groups (broad SMARTS) is 1. The second kappa shape index (κ2) is 14.2. The largest absolute Gasteiger partial charge is 0.493 e. The van der Waals surface area contributed by atoms with E-state index in [9.17, 15) is 19.5 Å². The van der Waals surface area contributed by atoms with Crippen LogP contribution in [0.1, 0.15) is 40.0 Å². The number of fused-ring (bicyclic) bond motifs is 1. The number of carbonyl (C=O) groups is 2. The van der Waals surface area contributed by atoms with E-state index in [1.54, 1.807) is 66.1 Å². The first kappa shape index (κ1) is 33.2. The summed E-state index contributed by atoms with van der Waals surface area (Å²) in [6, 6.07) is 25.6. The molecule has 2 N–H and O–H groups in total. The van der Waals surface area contributed by atoms with Gasteiger partial charge in [0.1, 0.15) is 6.61 Å². The molecule has 1 aliphatic heterocycles. The Morgan fingerprint density at radius 3 is 2.52 bits per heavy atom. The SMILES string of the molecule is COc1cc(/C=c2\sc3n(c2=O)[C@H](c2ccc(Cl)cc2)C(C(=O)Nc2ccccc2)=C(C)N=3)cc(I)c1OCc1cccc(C(=O)O)c1. The molecule has 2 heterocycles. The number of halogens is 2. The van der Waals surface area contributed by atoms with Crippen LogP contribution in [0.4, 0.5) is 5.69 Å². The van der Waals surface area contributed by atoms with Crippen molar-refractivity contribution in [2.45, 2.75) is 19.6 Å². The molecular formula is C36H27ClIN3O6S. The predicted molar refractivity (Wildman–Crippen MR) is 194 cm³/mol. The summed E-state index contributed by atoms with van der Waals surface area (Å²) in [5.41, 5.74) is 3.46. The molecule has 6 rings (SSSR count). The summed E-state index contributed by atoms with van der Waals surface area (Å²) in [4.78, 5) is 44.4. The second-order valence-corrected chi connectivity index (χ2v) is 13.4. The first-order chi connectivity index (χ1) is 23.1. The van der Waals surface area contributed by atoms with E-state index < -0.39 is 12.0 Å². The minimum Gasteiger partial charge on any atom is -0.493 e. The van der Waals surface area contributed by atoms with Gasteiger partial charge in [-0.2, -0.15) is 0 Å². The van der Waals surface area contributed by atoms with E-state index in [-0.39, 0.29) is 23.6 Å². The van der Waals surface area contributed by atoms with E-state index in [0.29, 0.717) is 59.5 Å². The number of nitrogens with one attached hydrogen (secondary N) is 1. The van der Waals surface area contributed by atoms with Crippen molar-refractivity contribution >= 4 is 69.2 Å². The van der Waals surface area contributed by atoms with Gasteiger partial charge >= 0.3 is 5.97 Å². The number of carboxylic acids is 1. The highest BCUT2D eigenvalue weighted by molar-refractivity contribution is 14.1. The van der Waals surface area contributed by atoms with E-state index in [1.807, 2.05) is 36.4 Å². The lowest BCUT2D eigenvalue weighted by atomic mass is 9.95. The number of aromatic carboxylic acids is 1. The quantitative estimate of drug-likeness (QED) is 0.167. The zero-order valence-corrected chi connectivity index (χ0v) is 29.3. The second-order valence-electron chi connectivity index (χ2n) is 10.8. The Morgan fingerprint density at radius 2 is 1.81 bits per heavy atom. The molecule has 242 valence electrons. The number of ether oxygens (including phenoxy) is 2. The molecule has 0 saturated carbocycles. The molecule has 0 fully saturated rings. The van der Waals surface area contributed by atoms with Crippen LogP contribution in [-0.2, 0) is 11.4 Å². The van der Waals surface area contributed by atoms with Crippen LogP contribution < -0.4 is 29.7 Å². The number of anilines is 1. The molecule has 4 aromatic carbocycles. The Hall–Kier alpha value is -4.72. The number of rotatable bonds is 9. The molecule has 1 amide bonds. The van der Waals surface area contributed by atoms with E-state index in [0.717, 1.165) is 3.57 Å². The molecule has 1 atom stereocenters. The van der Waals surface area contributed by atoms with Crippen LogP contribution in [0.15, 0.2) is 112 Å². The number of thiazole rings is 1. The predicted octanol–water partition coefficient (Wildman–Crippen LogP) is 6.42. The van der Waals surface area contributed by atoms with E-state index >= 15 is 0 Å². The van der Waals surface area contributed by atoms with E-state index in [4.69, 9.17) is 26.1 Å². The first-order valence-corrected chi connectivity index (χ1v) is 16.9. The molecule has 0 spiro atoms. The molecule has 0 bridgehead atoms. The molecule has 0 unspecified atom stereocenters. The first-order valence-electron chi connectivity index (χ1n) is 14.6. The van der Waals surface area contributed by atoms with Crippen molar-refractivity contribution in [1.29, 1.82) is 0 Å². The number of para-hydroxylation sites is 1. The molecule has 1 aliphatic rings. The molecule has 0 radical (unpaired) electrons. The number of amides is 1. The molecular weight excluding hydrogens is 765 g/mol. The highest BCUT2D eigenvalue weighted by atomic mass is 127. The number of methoxy groups -OCH3 is 1. The summed E-state index contributed by atoms with van der Waals surface area (Å²) in [5, 5.41) is 12.8. The molecule has 0 saturated heterocycles. The monoisotopic (exact) mass is 791 g/mol. The van der Waals surface area contributed by atoms with E-state index in [1.165, 1.54) is 24.5 Å². The molecule has 5 aromatic rings. The van der Waals surface area contributed by atoms with Gasteiger partial charge in [0.15, 0.2) is 16.3 Å². The highest BCUT2D eigenvalue weighted by Crippen LogP contribution is 2.35. The summed E-state index contributed by atoms with van der Waals surface area (Å²) >= 11 is 9.57. The van der Waals surface area contributed by atoms with Crippen molar-refractivity contribution < 1.29 is 24.2 Å².